The number of amides is 1. The number of rotatable bonds is 4. The van der Waals surface area contributed by atoms with E-state index in [-0.39, 0.29) is 5.91 Å². The van der Waals surface area contributed by atoms with E-state index >= 15 is 0 Å². The molecule has 120 valence electrons. The summed E-state index contributed by atoms with van der Waals surface area (Å²) in [6, 6.07) is 23.1. The molecule has 0 unspecified atom stereocenters. The van der Waals surface area contributed by atoms with Crippen molar-refractivity contribution in [2.24, 2.45) is 0 Å². The fourth-order valence-corrected chi connectivity index (χ4v) is 2.71. The van der Waals surface area contributed by atoms with E-state index in [9.17, 15) is 4.79 Å². The van der Waals surface area contributed by atoms with Crippen LogP contribution in [0.4, 0.5) is 5.69 Å². The van der Waals surface area contributed by atoms with Gasteiger partial charge in [0.05, 0.1) is 16.5 Å². The lowest BCUT2D eigenvalue weighted by Crippen LogP contribution is -2.14. The molecule has 0 saturated carbocycles. The molecule has 0 fully saturated rings. The van der Waals surface area contributed by atoms with Crippen LogP contribution in [0.2, 0.25) is 10.0 Å². The van der Waals surface area contributed by atoms with Gasteiger partial charge in [0.1, 0.15) is 0 Å². The number of nitrogens with one attached hydrogen (secondary N) is 1. The minimum atomic E-state index is -0.0964. The van der Waals surface area contributed by atoms with Crippen LogP contribution in [0.25, 0.3) is 11.1 Å². The number of carbonyl (C=O) groups excluding carboxylic acids is 1. The van der Waals surface area contributed by atoms with E-state index in [0.717, 1.165) is 16.7 Å². The van der Waals surface area contributed by atoms with Crippen molar-refractivity contribution in [3.63, 3.8) is 0 Å². The zero-order valence-electron chi connectivity index (χ0n) is 12.8. The molecular weight excluding hydrogens is 341 g/mol. The molecule has 0 atom stereocenters. The van der Waals surface area contributed by atoms with Crippen LogP contribution < -0.4 is 5.32 Å². The normalized spacial score (nSPS) is 10.4. The molecule has 0 spiro atoms. The summed E-state index contributed by atoms with van der Waals surface area (Å²) in [7, 11) is 0. The Morgan fingerprint density at radius 2 is 1.46 bits per heavy atom. The molecule has 4 heteroatoms. The highest BCUT2D eigenvalue weighted by Crippen LogP contribution is 2.25. The first-order valence-corrected chi connectivity index (χ1v) is 8.27. The van der Waals surface area contributed by atoms with Gasteiger partial charge in [0.2, 0.25) is 5.91 Å². The predicted octanol–water partition coefficient (Wildman–Crippen LogP) is 5.84. The van der Waals surface area contributed by atoms with E-state index in [2.05, 4.69) is 17.4 Å². The van der Waals surface area contributed by atoms with Crippen molar-refractivity contribution >= 4 is 34.8 Å². The fraction of sp³-hybridized carbons (Fsp3) is 0.0500. The molecule has 3 aromatic carbocycles. The number of hydrogen-bond acceptors (Lipinski definition) is 1. The van der Waals surface area contributed by atoms with Crippen LogP contribution in [0, 0.1) is 0 Å². The van der Waals surface area contributed by atoms with E-state index in [1.165, 1.54) is 0 Å². The summed E-state index contributed by atoms with van der Waals surface area (Å²) in [5, 5.41) is 3.70. The van der Waals surface area contributed by atoms with Gasteiger partial charge in [0.25, 0.3) is 0 Å². The van der Waals surface area contributed by atoms with Gasteiger partial charge < -0.3 is 5.32 Å². The second kappa shape index (κ2) is 7.52. The first kappa shape index (κ1) is 16.6. The summed E-state index contributed by atoms with van der Waals surface area (Å²) in [5.74, 6) is -0.0964. The molecule has 2 nitrogen and oxygen atoms in total. The maximum absolute atomic E-state index is 12.1. The van der Waals surface area contributed by atoms with Crippen molar-refractivity contribution in [3.05, 3.63) is 88.4 Å². The molecule has 0 aliphatic rings. The monoisotopic (exact) mass is 355 g/mol. The first-order chi connectivity index (χ1) is 11.6. The Morgan fingerprint density at radius 1 is 0.792 bits per heavy atom. The molecule has 0 aliphatic carbocycles. The Morgan fingerprint density at radius 3 is 2.12 bits per heavy atom. The third-order valence-electron chi connectivity index (χ3n) is 3.63. The quantitative estimate of drug-likeness (QED) is 0.625. The third kappa shape index (κ3) is 4.16. The molecule has 3 rings (SSSR count). The van der Waals surface area contributed by atoms with Crippen molar-refractivity contribution < 1.29 is 4.79 Å². The highest BCUT2D eigenvalue weighted by molar-refractivity contribution is 6.42. The number of hydrogen-bond donors (Lipinski definition) is 1. The Balaban J connectivity index is 1.65. The summed E-state index contributed by atoms with van der Waals surface area (Å²) >= 11 is 11.8. The average molecular weight is 356 g/mol. The maximum Gasteiger partial charge on any atom is 0.228 e. The molecule has 0 aromatic heterocycles. The number of anilines is 1. The zero-order chi connectivity index (χ0) is 16.9. The third-order valence-corrected chi connectivity index (χ3v) is 4.37. The molecule has 0 aliphatic heterocycles. The van der Waals surface area contributed by atoms with Gasteiger partial charge in [0, 0.05) is 5.69 Å². The van der Waals surface area contributed by atoms with Crippen molar-refractivity contribution in [2.45, 2.75) is 6.42 Å². The van der Waals surface area contributed by atoms with Crippen LogP contribution in [-0.2, 0) is 11.2 Å². The average Bonchev–Trinajstić information content (AvgIpc) is 2.59. The van der Waals surface area contributed by atoms with E-state index in [0.29, 0.717) is 22.2 Å². The Kier molecular flexibility index (Phi) is 5.19. The van der Waals surface area contributed by atoms with E-state index in [1.54, 1.807) is 18.2 Å². The number of benzene rings is 3. The van der Waals surface area contributed by atoms with Crippen LogP contribution in [0.5, 0.6) is 0 Å². The van der Waals surface area contributed by atoms with Crippen LogP contribution in [0.1, 0.15) is 5.56 Å². The molecule has 1 N–H and O–H groups in total. The topological polar surface area (TPSA) is 29.1 Å². The fourth-order valence-electron chi connectivity index (χ4n) is 2.41. The van der Waals surface area contributed by atoms with E-state index in [1.807, 2.05) is 42.5 Å². The van der Waals surface area contributed by atoms with Gasteiger partial charge >= 0.3 is 0 Å². The lowest BCUT2D eigenvalue weighted by molar-refractivity contribution is -0.115. The van der Waals surface area contributed by atoms with Crippen LogP contribution >= 0.6 is 23.2 Å². The van der Waals surface area contributed by atoms with Gasteiger partial charge in [-0.05, 0) is 34.9 Å². The molecule has 1 amide bonds. The van der Waals surface area contributed by atoms with Crippen LogP contribution in [0.3, 0.4) is 0 Å². The minimum Gasteiger partial charge on any atom is -0.326 e. The second-order valence-electron chi connectivity index (χ2n) is 5.42. The molecule has 0 saturated heterocycles. The van der Waals surface area contributed by atoms with Crippen molar-refractivity contribution in [1.29, 1.82) is 0 Å². The first-order valence-electron chi connectivity index (χ1n) is 7.51. The molecule has 0 heterocycles. The summed E-state index contributed by atoms with van der Waals surface area (Å²) in [5.41, 5.74) is 3.87. The van der Waals surface area contributed by atoms with Gasteiger partial charge in [0.15, 0.2) is 0 Å². The van der Waals surface area contributed by atoms with E-state index < -0.39 is 0 Å². The van der Waals surface area contributed by atoms with Gasteiger partial charge in [-0.15, -0.1) is 0 Å². The van der Waals surface area contributed by atoms with Gasteiger partial charge in [-0.3, -0.25) is 4.79 Å². The van der Waals surface area contributed by atoms with Gasteiger partial charge in [-0.2, -0.15) is 0 Å². The number of halogens is 2. The summed E-state index contributed by atoms with van der Waals surface area (Å²) in [4.78, 5) is 12.1. The summed E-state index contributed by atoms with van der Waals surface area (Å²) in [6.45, 7) is 0. The standard InChI is InChI=1S/C20H15Cl2NO/c21-18-11-10-17(13-19(18)22)23-20(24)12-14-6-8-16(9-7-14)15-4-2-1-3-5-15/h1-11,13H,12H2,(H,23,24). The number of carbonyl (C=O) groups is 1. The SMILES string of the molecule is O=C(Cc1ccc(-c2ccccc2)cc1)Nc1ccc(Cl)c(Cl)c1. The van der Waals surface area contributed by atoms with Crippen molar-refractivity contribution in [3.8, 4) is 11.1 Å². The maximum atomic E-state index is 12.1. The molecule has 0 bridgehead atoms. The van der Waals surface area contributed by atoms with Crippen LogP contribution in [0.15, 0.2) is 72.8 Å². The van der Waals surface area contributed by atoms with Gasteiger partial charge in [-0.25, -0.2) is 0 Å². The summed E-state index contributed by atoms with van der Waals surface area (Å²) in [6.07, 6.45) is 0.301. The highest BCUT2D eigenvalue weighted by atomic mass is 35.5. The Hall–Kier alpha value is -2.29. The minimum absolute atomic E-state index is 0.0964. The predicted molar refractivity (Wildman–Crippen MR) is 101 cm³/mol. The van der Waals surface area contributed by atoms with Crippen LogP contribution in [-0.4, -0.2) is 5.91 Å². The highest BCUT2D eigenvalue weighted by Gasteiger charge is 2.06. The second-order valence-corrected chi connectivity index (χ2v) is 6.23. The zero-order valence-corrected chi connectivity index (χ0v) is 14.3. The Bertz CT molecular complexity index is 845. The molecule has 0 radical (unpaired) electrons. The van der Waals surface area contributed by atoms with Crippen molar-refractivity contribution in [2.75, 3.05) is 5.32 Å². The van der Waals surface area contributed by atoms with Crippen molar-refractivity contribution in [1.82, 2.24) is 0 Å². The lowest BCUT2D eigenvalue weighted by atomic mass is 10.0. The van der Waals surface area contributed by atoms with Gasteiger partial charge in [-0.1, -0.05) is 77.8 Å². The lowest BCUT2D eigenvalue weighted by Gasteiger charge is -2.07. The molecular formula is C20H15Cl2NO. The largest absolute Gasteiger partial charge is 0.326 e. The van der Waals surface area contributed by atoms with E-state index in [4.69, 9.17) is 23.2 Å². The molecule has 3 aromatic rings. The summed E-state index contributed by atoms with van der Waals surface area (Å²) < 4.78 is 0. The Labute approximate surface area is 151 Å². The molecule has 24 heavy (non-hydrogen) atoms. The smallest absolute Gasteiger partial charge is 0.228 e.